The van der Waals surface area contributed by atoms with Crippen LogP contribution in [-0.4, -0.2) is 0 Å². The van der Waals surface area contributed by atoms with Gasteiger partial charge in [-0.15, -0.1) is 38.4 Å². The fourth-order valence-corrected chi connectivity index (χ4v) is 3.33. The summed E-state index contributed by atoms with van der Waals surface area (Å²) in [5.74, 6) is 0. The van der Waals surface area contributed by atoms with Crippen LogP contribution in [0.1, 0.15) is 55.5 Å². The summed E-state index contributed by atoms with van der Waals surface area (Å²) < 4.78 is 0. The van der Waals surface area contributed by atoms with Gasteiger partial charge in [0.1, 0.15) is 0 Å². The molecule has 0 bridgehead atoms. The highest BCUT2D eigenvalue weighted by atomic mass is 32.1. The topological polar surface area (TPSA) is 0 Å². The van der Waals surface area contributed by atoms with Crippen molar-refractivity contribution in [1.82, 2.24) is 0 Å². The van der Waals surface area contributed by atoms with Crippen LogP contribution in [0.2, 0.25) is 0 Å². The molecular weight excluding hydrogens is 388 g/mol. The van der Waals surface area contributed by atoms with E-state index in [9.17, 15) is 0 Å². The summed E-state index contributed by atoms with van der Waals surface area (Å²) in [4.78, 5) is 2.06. The fourth-order valence-electron chi connectivity index (χ4n) is 2.69. The molecular formula is C27H40S2. The molecule has 0 spiro atoms. The van der Waals surface area contributed by atoms with E-state index in [0.29, 0.717) is 0 Å². The lowest BCUT2D eigenvalue weighted by Gasteiger charge is -2.12. The molecule has 3 aromatic carbocycles. The second-order valence-electron chi connectivity index (χ2n) is 6.16. The van der Waals surface area contributed by atoms with Crippen LogP contribution < -0.4 is 0 Å². The molecule has 3 aromatic rings. The third-order valence-electron chi connectivity index (χ3n) is 4.18. The molecule has 0 N–H and O–H groups in total. The molecule has 2 heteroatoms. The molecule has 0 aliphatic rings. The Balaban J connectivity index is 0. The molecule has 0 saturated carbocycles. The second kappa shape index (κ2) is 16.2. The first-order valence-corrected chi connectivity index (χ1v) is 11.1. The van der Waals surface area contributed by atoms with Gasteiger partial charge in [-0.25, -0.2) is 0 Å². The highest BCUT2D eigenvalue weighted by Gasteiger charge is 2.07. The minimum absolute atomic E-state index is 1.01. The lowest BCUT2D eigenvalue weighted by atomic mass is 9.97. The van der Waals surface area contributed by atoms with Gasteiger partial charge in [0, 0.05) is 9.79 Å². The Hall–Kier alpha value is -1.64. The van der Waals surface area contributed by atoms with Crippen LogP contribution in [0.5, 0.6) is 0 Å². The summed E-state index contributed by atoms with van der Waals surface area (Å²) >= 11 is 8.89. The zero-order valence-electron chi connectivity index (χ0n) is 19.9. The molecule has 0 nitrogen and oxygen atoms in total. The number of hydrogen-bond acceptors (Lipinski definition) is 2. The summed E-state index contributed by atoms with van der Waals surface area (Å²) in [6.45, 7) is 24.6. The van der Waals surface area contributed by atoms with Crippen molar-refractivity contribution in [2.24, 2.45) is 0 Å². The van der Waals surface area contributed by atoms with E-state index in [0.717, 1.165) is 9.79 Å². The van der Waals surface area contributed by atoms with Gasteiger partial charge in [-0.1, -0.05) is 63.1 Å². The maximum Gasteiger partial charge on any atom is 0.00782 e. The maximum atomic E-state index is 4.49. The number of rotatable bonds is 0. The predicted molar refractivity (Wildman–Crippen MR) is 143 cm³/mol. The van der Waals surface area contributed by atoms with Crippen molar-refractivity contribution < 1.29 is 0 Å². The van der Waals surface area contributed by atoms with Crippen molar-refractivity contribution in [3.8, 4) is 0 Å². The molecule has 0 atom stereocenters. The van der Waals surface area contributed by atoms with Crippen molar-refractivity contribution in [3.05, 3.63) is 83.4 Å². The smallest absolute Gasteiger partial charge is 0.00782 e. The van der Waals surface area contributed by atoms with Gasteiger partial charge in [0.05, 0.1) is 0 Å². The van der Waals surface area contributed by atoms with E-state index in [4.69, 9.17) is 0 Å². The summed E-state index contributed by atoms with van der Waals surface area (Å²) in [5, 5.41) is 2.57. The molecule has 0 aliphatic carbocycles. The summed E-state index contributed by atoms with van der Waals surface area (Å²) in [6.07, 6.45) is 0. The van der Waals surface area contributed by atoms with Crippen molar-refractivity contribution in [2.45, 2.75) is 72.1 Å². The van der Waals surface area contributed by atoms with Gasteiger partial charge < -0.3 is 0 Å². The molecule has 160 valence electrons. The number of fused-ring (bicyclic) bond motifs is 1. The Morgan fingerprint density at radius 2 is 1.03 bits per heavy atom. The molecule has 0 fully saturated rings. The third kappa shape index (κ3) is 9.60. The Kier molecular flexibility index (Phi) is 16.5. The molecule has 0 unspecified atom stereocenters. The van der Waals surface area contributed by atoms with Gasteiger partial charge in [-0.3, -0.25) is 0 Å². The number of thiol groups is 2. The molecule has 3 rings (SSSR count). The average Bonchev–Trinajstić information content (AvgIpc) is 2.73. The Morgan fingerprint density at radius 1 is 0.621 bits per heavy atom. The number of benzene rings is 3. The van der Waals surface area contributed by atoms with Crippen molar-refractivity contribution in [1.29, 1.82) is 0 Å². The highest BCUT2D eigenvalue weighted by molar-refractivity contribution is 7.80. The minimum atomic E-state index is 1.01. The Labute approximate surface area is 191 Å². The summed E-state index contributed by atoms with van der Waals surface area (Å²) in [7, 11) is 0. The highest BCUT2D eigenvalue weighted by Crippen LogP contribution is 2.31. The van der Waals surface area contributed by atoms with Gasteiger partial charge in [0.15, 0.2) is 0 Å². The molecule has 0 aliphatic heterocycles. The van der Waals surface area contributed by atoms with E-state index in [1.807, 2.05) is 27.7 Å². The molecule has 0 amide bonds. The maximum absolute atomic E-state index is 4.49. The predicted octanol–water partition coefficient (Wildman–Crippen LogP) is 9.50. The van der Waals surface area contributed by atoms with Crippen LogP contribution in [-0.2, 0) is 0 Å². The first-order valence-electron chi connectivity index (χ1n) is 10.3. The molecule has 0 radical (unpaired) electrons. The van der Waals surface area contributed by atoms with Crippen LogP contribution in [0.25, 0.3) is 10.8 Å². The fraction of sp³-hybridized carbons (Fsp3) is 0.333. The van der Waals surface area contributed by atoms with Crippen LogP contribution in [0.3, 0.4) is 0 Å². The van der Waals surface area contributed by atoms with E-state index < -0.39 is 0 Å². The van der Waals surface area contributed by atoms with E-state index in [-0.39, 0.29) is 0 Å². The minimum Gasteiger partial charge on any atom is -0.143 e. The van der Waals surface area contributed by atoms with E-state index >= 15 is 0 Å². The standard InChI is InChI=1S/C13H14S2.C8H10.2C2H6.C2H4/c1-7-4-11(14)5-10-6-12(15)8(2)9(3)13(7)10;1-7-3-5-8(2)6-4-7;3*1-2/h4-6,14-15H,1-3H3;3-6H,1-2H3;2*1-2H3;1-2H2. The third-order valence-corrected chi connectivity index (χ3v) is 4.91. The molecule has 0 aromatic heterocycles. The van der Waals surface area contributed by atoms with Crippen molar-refractivity contribution in [3.63, 3.8) is 0 Å². The summed E-state index contributed by atoms with van der Waals surface area (Å²) in [5.41, 5.74) is 6.53. The molecule has 0 heterocycles. The van der Waals surface area contributed by atoms with Gasteiger partial charge >= 0.3 is 0 Å². The lowest BCUT2D eigenvalue weighted by Crippen LogP contribution is -1.89. The monoisotopic (exact) mass is 428 g/mol. The van der Waals surface area contributed by atoms with Gasteiger partial charge in [-0.2, -0.15) is 0 Å². The molecule has 29 heavy (non-hydrogen) atoms. The number of aryl methyl sites for hydroxylation is 4. The van der Waals surface area contributed by atoms with Crippen LogP contribution in [0.15, 0.2) is 65.4 Å². The van der Waals surface area contributed by atoms with Gasteiger partial charge in [0.25, 0.3) is 0 Å². The zero-order chi connectivity index (χ0) is 23.1. The van der Waals surface area contributed by atoms with Crippen molar-refractivity contribution >= 4 is 36.0 Å². The largest absolute Gasteiger partial charge is 0.143 e. The SMILES string of the molecule is C=C.CC.CC.Cc1c(S)cc2cc(S)cc(C)c2c1C.Cc1ccc(C)cc1. The van der Waals surface area contributed by atoms with Crippen LogP contribution in [0, 0.1) is 34.6 Å². The summed E-state index contributed by atoms with van der Waals surface area (Å²) in [6, 6.07) is 14.8. The first kappa shape index (κ1) is 29.6. The quantitative estimate of drug-likeness (QED) is 0.258. The Bertz CT molecular complexity index is 826. The second-order valence-corrected chi connectivity index (χ2v) is 7.16. The van der Waals surface area contributed by atoms with Crippen molar-refractivity contribution in [2.75, 3.05) is 0 Å². The Morgan fingerprint density at radius 3 is 1.45 bits per heavy atom. The van der Waals surface area contributed by atoms with E-state index in [2.05, 4.69) is 115 Å². The van der Waals surface area contributed by atoms with Gasteiger partial charge in [0.2, 0.25) is 0 Å². The lowest BCUT2D eigenvalue weighted by molar-refractivity contribution is 1.25. The normalized spacial score (nSPS) is 8.79. The average molecular weight is 429 g/mol. The van der Waals surface area contributed by atoms with E-state index in [1.165, 1.54) is 38.6 Å². The van der Waals surface area contributed by atoms with Crippen LogP contribution >= 0.6 is 25.3 Å². The first-order chi connectivity index (χ1) is 13.8. The van der Waals surface area contributed by atoms with E-state index in [1.54, 1.807) is 0 Å². The van der Waals surface area contributed by atoms with Crippen LogP contribution in [0.4, 0.5) is 0 Å². The molecule has 0 saturated heterocycles. The van der Waals surface area contributed by atoms with Gasteiger partial charge in [-0.05, 0) is 80.3 Å². The zero-order valence-corrected chi connectivity index (χ0v) is 21.6. The number of hydrogen-bond donors (Lipinski definition) is 2.